The van der Waals surface area contributed by atoms with E-state index in [1.807, 2.05) is 0 Å². The fourth-order valence-electron chi connectivity index (χ4n) is 1.61. The normalized spacial score (nSPS) is 16.4. The summed E-state index contributed by atoms with van der Waals surface area (Å²) < 4.78 is 37.9. The summed E-state index contributed by atoms with van der Waals surface area (Å²) in [5.74, 6) is 0.251. The molecule has 6 heteroatoms. The second-order valence-electron chi connectivity index (χ2n) is 4.08. The van der Waals surface area contributed by atoms with Crippen LogP contribution in [0.2, 0.25) is 0 Å². The minimum atomic E-state index is -4.45. The molecule has 0 radical (unpaired) electrons. The first-order valence-electron chi connectivity index (χ1n) is 5.15. The van der Waals surface area contributed by atoms with Crippen LogP contribution >= 0.6 is 0 Å². The van der Waals surface area contributed by atoms with Gasteiger partial charge in [0.15, 0.2) is 5.69 Å². The average Bonchev–Trinajstić information content (AvgIpc) is 2.98. The van der Waals surface area contributed by atoms with Crippen molar-refractivity contribution in [3.63, 3.8) is 0 Å². The van der Waals surface area contributed by atoms with Crippen LogP contribution in [0.1, 0.15) is 30.5 Å². The van der Waals surface area contributed by atoms with Crippen molar-refractivity contribution in [2.24, 2.45) is 5.92 Å². The van der Waals surface area contributed by atoms with E-state index in [1.54, 1.807) is 0 Å². The molecule has 2 rings (SSSR count). The number of nitrogens with zero attached hydrogens (tertiary/aromatic N) is 2. The molecular weight excluding hydrogens is 219 g/mol. The molecule has 0 spiro atoms. The Hall–Kier alpha value is -1.33. The third kappa shape index (κ3) is 2.62. The van der Waals surface area contributed by atoms with Crippen molar-refractivity contribution in [1.82, 2.24) is 9.97 Å². The number of hydrogen-bond acceptors (Lipinski definition) is 3. The van der Waals surface area contributed by atoms with Crippen molar-refractivity contribution in [2.45, 2.75) is 31.9 Å². The van der Waals surface area contributed by atoms with E-state index in [2.05, 4.69) is 9.97 Å². The molecule has 1 aliphatic carbocycles. The fraction of sp³-hybridized carbons (Fsp3) is 0.600. The van der Waals surface area contributed by atoms with E-state index < -0.39 is 11.9 Å². The van der Waals surface area contributed by atoms with E-state index in [9.17, 15) is 13.2 Å². The number of nitrogens with two attached hydrogens (primary N) is 1. The van der Waals surface area contributed by atoms with Crippen molar-refractivity contribution in [1.29, 1.82) is 0 Å². The smallest absolute Gasteiger partial charge is 0.368 e. The Bertz CT molecular complexity index is 385. The van der Waals surface area contributed by atoms with Gasteiger partial charge in [-0.1, -0.05) is 12.8 Å². The van der Waals surface area contributed by atoms with E-state index in [0.29, 0.717) is 12.3 Å². The van der Waals surface area contributed by atoms with Gasteiger partial charge in [0, 0.05) is 11.8 Å². The van der Waals surface area contributed by atoms with Crippen LogP contribution in [-0.2, 0) is 12.6 Å². The maximum absolute atomic E-state index is 12.6. The highest BCUT2D eigenvalue weighted by molar-refractivity contribution is 5.27. The summed E-state index contributed by atoms with van der Waals surface area (Å²) in [6.07, 6.45) is 0.133. The molecule has 1 heterocycles. The first-order chi connectivity index (χ1) is 7.47. The largest absolute Gasteiger partial charge is 0.433 e. The second kappa shape index (κ2) is 3.92. The third-order valence-corrected chi connectivity index (χ3v) is 2.67. The zero-order valence-corrected chi connectivity index (χ0v) is 8.59. The van der Waals surface area contributed by atoms with Gasteiger partial charge in [-0.15, -0.1) is 0 Å². The monoisotopic (exact) mass is 231 g/mol. The average molecular weight is 231 g/mol. The Balaban J connectivity index is 2.20. The number of rotatable bonds is 3. The quantitative estimate of drug-likeness (QED) is 0.869. The minimum absolute atomic E-state index is 0.147. The lowest BCUT2D eigenvalue weighted by Gasteiger charge is -2.11. The van der Waals surface area contributed by atoms with Gasteiger partial charge in [-0.2, -0.15) is 13.2 Å². The topological polar surface area (TPSA) is 51.8 Å². The first-order valence-corrected chi connectivity index (χ1v) is 5.15. The summed E-state index contributed by atoms with van der Waals surface area (Å²) in [7, 11) is 0. The molecule has 2 N–H and O–H groups in total. The standard InChI is InChI=1S/C10H12F3N3/c11-10(12,13)8-7(4-3-6-1-2-6)5-15-9(14)16-8/h5-6H,1-4H2,(H2,14,15,16). The Labute approximate surface area is 90.9 Å². The zero-order chi connectivity index (χ0) is 11.8. The number of nitrogen functional groups attached to an aromatic ring is 1. The summed E-state index contributed by atoms with van der Waals surface area (Å²) in [6, 6.07) is 0. The van der Waals surface area contributed by atoms with Crippen LogP contribution in [0.15, 0.2) is 6.20 Å². The molecule has 1 aromatic heterocycles. The van der Waals surface area contributed by atoms with Gasteiger partial charge in [0.2, 0.25) is 5.95 Å². The lowest BCUT2D eigenvalue weighted by Crippen LogP contribution is -2.14. The number of aryl methyl sites for hydroxylation is 1. The minimum Gasteiger partial charge on any atom is -0.368 e. The van der Waals surface area contributed by atoms with Crippen molar-refractivity contribution in [3.8, 4) is 0 Å². The van der Waals surface area contributed by atoms with Gasteiger partial charge in [0.25, 0.3) is 0 Å². The van der Waals surface area contributed by atoms with Crippen molar-refractivity contribution >= 4 is 5.95 Å². The summed E-state index contributed by atoms with van der Waals surface area (Å²) in [6.45, 7) is 0. The van der Waals surface area contributed by atoms with Gasteiger partial charge in [0.05, 0.1) is 0 Å². The molecule has 1 aromatic rings. The van der Waals surface area contributed by atoms with Crippen LogP contribution in [0.25, 0.3) is 0 Å². The molecule has 0 aromatic carbocycles. The highest BCUT2D eigenvalue weighted by Gasteiger charge is 2.36. The Morgan fingerprint density at radius 2 is 2.06 bits per heavy atom. The van der Waals surface area contributed by atoms with Gasteiger partial charge >= 0.3 is 6.18 Å². The molecule has 88 valence electrons. The van der Waals surface area contributed by atoms with E-state index >= 15 is 0 Å². The Morgan fingerprint density at radius 1 is 1.38 bits per heavy atom. The van der Waals surface area contributed by atoms with Gasteiger partial charge in [-0.05, 0) is 18.8 Å². The van der Waals surface area contributed by atoms with Crippen molar-refractivity contribution in [3.05, 3.63) is 17.5 Å². The Morgan fingerprint density at radius 3 is 2.62 bits per heavy atom. The van der Waals surface area contributed by atoms with Gasteiger partial charge in [-0.3, -0.25) is 0 Å². The highest BCUT2D eigenvalue weighted by atomic mass is 19.4. The van der Waals surface area contributed by atoms with Crippen LogP contribution in [-0.4, -0.2) is 9.97 Å². The third-order valence-electron chi connectivity index (χ3n) is 2.67. The lowest BCUT2D eigenvalue weighted by molar-refractivity contribution is -0.141. The van der Waals surface area contributed by atoms with E-state index in [4.69, 9.17) is 5.73 Å². The van der Waals surface area contributed by atoms with E-state index in [1.165, 1.54) is 6.20 Å². The van der Waals surface area contributed by atoms with Crippen LogP contribution in [0, 0.1) is 5.92 Å². The zero-order valence-electron chi connectivity index (χ0n) is 8.59. The SMILES string of the molecule is Nc1ncc(CCC2CC2)c(C(F)(F)F)n1. The molecular formula is C10H12F3N3. The molecule has 0 atom stereocenters. The molecule has 16 heavy (non-hydrogen) atoms. The van der Waals surface area contributed by atoms with Gasteiger partial charge < -0.3 is 5.73 Å². The molecule has 0 aliphatic heterocycles. The molecule has 3 nitrogen and oxygen atoms in total. The number of alkyl halides is 3. The van der Waals surface area contributed by atoms with Crippen molar-refractivity contribution in [2.75, 3.05) is 5.73 Å². The predicted octanol–water partition coefficient (Wildman–Crippen LogP) is 2.42. The van der Waals surface area contributed by atoms with E-state index in [0.717, 1.165) is 19.3 Å². The maximum Gasteiger partial charge on any atom is 0.433 e. The summed E-state index contributed by atoms with van der Waals surface area (Å²) >= 11 is 0. The maximum atomic E-state index is 12.6. The number of anilines is 1. The number of halogens is 3. The van der Waals surface area contributed by atoms with Crippen LogP contribution < -0.4 is 5.73 Å². The second-order valence-corrected chi connectivity index (χ2v) is 4.08. The molecule has 0 amide bonds. The van der Waals surface area contributed by atoms with Gasteiger partial charge in [-0.25, -0.2) is 9.97 Å². The first kappa shape index (κ1) is 11.2. The molecule has 1 fully saturated rings. The molecule has 0 unspecified atom stereocenters. The number of hydrogen-bond donors (Lipinski definition) is 1. The summed E-state index contributed by atoms with van der Waals surface area (Å²) in [5.41, 5.74) is 4.43. The predicted molar refractivity (Wildman–Crippen MR) is 52.5 cm³/mol. The van der Waals surface area contributed by atoms with Crippen LogP contribution in [0.5, 0.6) is 0 Å². The summed E-state index contributed by atoms with van der Waals surface area (Å²) in [5, 5.41) is 0. The van der Waals surface area contributed by atoms with Crippen LogP contribution in [0.4, 0.5) is 19.1 Å². The molecule has 0 bridgehead atoms. The van der Waals surface area contributed by atoms with E-state index in [-0.39, 0.29) is 11.5 Å². The highest BCUT2D eigenvalue weighted by Crippen LogP contribution is 2.36. The Kier molecular flexibility index (Phi) is 2.73. The van der Waals surface area contributed by atoms with Crippen molar-refractivity contribution < 1.29 is 13.2 Å². The van der Waals surface area contributed by atoms with Crippen LogP contribution in [0.3, 0.4) is 0 Å². The molecule has 1 aliphatic rings. The molecule has 1 saturated carbocycles. The number of aromatic nitrogens is 2. The summed E-state index contributed by atoms with van der Waals surface area (Å²) in [4.78, 5) is 6.90. The molecule has 0 saturated heterocycles. The fourth-order valence-corrected chi connectivity index (χ4v) is 1.61. The van der Waals surface area contributed by atoms with Gasteiger partial charge in [0.1, 0.15) is 0 Å². The lowest BCUT2D eigenvalue weighted by atomic mass is 10.1.